The number of alkyl halides is 3. The number of nitrogens with zero attached hydrogens (tertiary/aromatic N) is 2. The second-order valence-corrected chi connectivity index (χ2v) is 12.0. The summed E-state index contributed by atoms with van der Waals surface area (Å²) in [6, 6.07) is 5.37. The first-order chi connectivity index (χ1) is 18.0. The highest BCUT2D eigenvalue weighted by atomic mass is 19.4. The molecule has 5 nitrogen and oxygen atoms in total. The quantitative estimate of drug-likeness (QED) is 0.507. The SMILES string of the molecule is CCC1=CC=C(C(c2ccc(C(F)(F)F)cc2)N2CCN(C(=O)CC3CCNCC3)C(C(C)(C)C)C2)NC1. The zero-order valence-electron chi connectivity index (χ0n) is 23.2. The van der Waals surface area contributed by atoms with Crippen molar-refractivity contribution in [3.8, 4) is 0 Å². The smallest absolute Gasteiger partial charge is 0.383 e. The van der Waals surface area contributed by atoms with Crippen LogP contribution in [0.4, 0.5) is 13.2 Å². The van der Waals surface area contributed by atoms with Crippen LogP contribution >= 0.6 is 0 Å². The molecule has 1 amide bonds. The van der Waals surface area contributed by atoms with E-state index in [0.29, 0.717) is 32.0 Å². The Morgan fingerprint density at radius 3 is 2.29 bits per heavy atom. The number of carbonyl (C=O) groups excluding carboxylic acids is 1. The molecule has 8 heteroatoms. The van der Waals surface area contributed by atoms with Gasteiger partial charge >= 0.3 is 6.18 Å². The highest BCUT2D eigenvalue weighted by molar-refractivity contribution is 5.77. The van der Waals surface area contributed by atoms with Gasteiger partial charge in [0, 0.05) is 44.3 Å². The largest absolute Gasteiger partial charge is 0.416 e. The lowest BCUT2D eigenvalue weighted by molar-refractivity contribution is -0.141. The van der Waals surface area contributed by atoms with Gasteiger partial charge in [-0.05, 0) is 67.5 Å². The molecule has 0 aromatic heterocycles. The lowest BCUT2D eigenvalue weighted by Crippen LogP contribution is -2.60. The molecular weight excluding hydrogens is 489 g/mol. The van der Waals surface area contributed by atoms with E-state index in [2.05, 4.69) is 60.3 Å². The van der Waals surface area contributed by atoms with Crippen molar-refractivity contribution in [1.29, 1.82) is 0 Å². The van der Waals surface area contributed by atoms with E-state index < -0.39 is 11.7 Å². The van der Waals surface area contributed by atoms with Crippen molar-refractivity contribution in [3.63, 3.8) is 0 Å². The van der Waals surface area contributed by atoms with Crippen molar-refractivity contribution in [2.45, 2.75) is 71.6 Å². The van der Waals surface area contributed by atoms with E-state index in [1.165, 1.54) is 17.7 Å². The number of amides is 1. The Labute approximate surface area is 225 Å². The fourth-order valence-electron chi connectivity index (χ4n) is 5.94. The van der Waals surface area contributed by atoms with E-state index in [0.717, 1.165) is 50.2 Å². The molecule has 1 aromatic carbocycles. The van der Waals surface area contributed by atoms with Crippen molar-refractivity contribution >= 4 is 5.91 Å². The fourth-order valence-corrected chi connectivity index (χ4v) is 5.94. The minimum absolute atomic E-state index is 0.00773. The third-order valence-electron chi connectivity index (χ3n) is 8.34. The number of benzene rings is 1. The highest BCUT2D eigenvalue weighted by Crippen LogP contribution is 2.37. The van der Waals surface area contributed by atoms with Crippen molar-refractivity contribution in [2.75, 3.05) is 39.3 Å². The van der Waals surface area contributed by atoms with Crippen molar-refractivity contribution in [2.24, 2.45) is 11.3 Å². The Balaban J connectivity index is 1.61. The van der Waals surface area contributed by atoms with Gasteiger partial charge in [0.15, 0.2) is 0 Å². The topological polar surface area (TPSA) is 47.6 Å². The van der Waals surface area contributed by atoms with E-state index in [-0.39, 0.29) is 23.4 Å². The van der Waals surface area contributed by atoms with E-state index in [1.54, 1.807) is 12.1 Å². The third kappa shape index (κ3) is 6.81. The van der Waals surface area contributed by atoms with E-state index in [9.17, 15) is 18.0 Å². The molecule has 0 saturated carbocycles. The van der Waals surface area contributed by atoms with Crippen LogP contribution in [0, 0.1) is 11.3 Å². The van der Waals surface area contributed by atoms with Crippen LogP contribution in [-0.2, 0) is 11.0 Å². The number of piperidine rings is 1. The van der Waals surface area contributed by atoms with Gasteiger partial charge in [0.2, 0.25) is 5.91 Å². The number of carbonyl (C=O) groups is 1. The van der Waals surface area contributed by atoms with Crippen molar-refractivity contribution in [3.05, 3.63) is 58.8 Å². The molecule has 2 fully saturated rings. The lowest BCUT2D eigenvalue weighted by Gasteiger charge is -2.50. The molecule has 0 bridgehead atoms. The minimum Gasteiger partial charge on any atom is -0.383 e. The van der Waals surface area contributed by atoms with Crippen LogP contribution in [-0.4, -0.2) is 61.0 Å². The molecule has 3 heterocycles. The van der Waals surface area contributed by atoms with Crippen LogP contribution in [0.3, 0.4) is 0 Å². The first-order valence-electron chi connectivity index (χ1n) is 14.0. The molecule has 2 unspecified atom stereocenters. The van der Waals surface area contributed by atoms with Crippen LogP contribution in [0.15, 0.2) is 47.7 Å². The van der Waals surface area contributed by atoms with Gasteiger partial charge < -0.3 is 15.5 Å². The molecule has 0 aliphatic carbocycles. The molecule has 3 aliphatic heterocycles. The predicted octanol–water partition coefficient (Wildman–Crippen LogP) is 5.52. The molecule has 210 valence electrons. The number of rotatable bonds is 6. The van der Waals surface area contributed by atoms with Gasteiger partial charge in [-0.3, -0.25) is 9.69 Å². The van der Waals surface area contributed by atoms with Gasteiger partial charge in [0.05, 0.1) is 11.6 Å². The number of hydrogen-bond acceptors (Lipinski definition) is 4. The summed E-state index contributed by atoms with van der Waals surface area (Å²) < 4.78 is 39.9. The van der Waals surface area contributed by atoms with Gasteiger partial charge in [-0.2, -0.15) is 13.2 Å². The van der Waals surface area contributed by atoms with E-state index in [4.69, 9.17) is 0 Å². The summed E-state index contributed by atoms with van der Waals surface area (Å²) in [7, 11) is 0. The summed E-state index contributed by atoms with van der Waals surface area (Å²) in [5.74, 6) is 0.659. The summed E-state index contributed by atoms with van der Waals surface area (Å²) in [6.45, 7) is 13.3. The summed E-state index contributed by atoms with van der Waals surface area (Å²) in [5.41, 5.74) is 2.33. The van der Waals surface area contributed by atoms with Crippen molar-refractivity contribution in [1.82, 2.24) is 20.4 Å². The van der Waals surface area contributed by atoms with E-state index >= 15 is 0 Å². The average Bonchev–Trinajstić information content (AvgIpc) is 2.89. The zero-order chi connectivity index (χ0) is 27.5. The summed E-state index contributed by atoms with van der Waals surface area (Å²) >= 11 is 0. The number of halogens is 3. The van der Waals surface area contributed by atoms with Gasteiger partial charge in [-0.1, -0.05) is 51.5 Å². The van der Waals surface area contributed by atoms with Gasteiger partial charge in [0.25, 0.3) is 0 Å². The monoisotopic (exact) mass is 532 g/mol. The zero-order valence-corrected chi connectivity index (χ0v) is 23.2. The molecule has 1 aromatic rings. The number of allylic oxidation sites excluding steroid dienone is 2. The summed E-state index contributed by atoms with van der Waals surface area (Å²) in [4.78, 5) is 17.9. The Kier molecular flexibility index (Phi) is 8.92. The van der Waals surface area contributed by atoms with Gasteiger partial charge in [-0.25, -0.2) is 0 Å². The second-order valence-electron chi connectivity index (χ2n) is 12.0. The highest BCUT2D eigenvalue weighted by Gasteiger charge is 2.41. The molecule has 2 saturated heterocycles. The summed E-state index contributed by atoms with van der Waals surface area (Å²) in [5, 5.41) is 6.92. The Bertz CT molecular complexity index is 1020. The molecule has 2 N–H and O–H groups in total. The molecular formula is C30H43F3N4O. The number of dihydropyridines is 1. The maximum absolute atomic E-state index is 13.5. The van der Waals surface area contributed by atoms with Gasteiger partial charge in [-0.15, -0.1) is 0 Å². The number of piperazine rings is 1. The molecule has 2 atom stereocenters. The standard InChI is InChI=1S/C30H43F3N4O/c1-5-21-6-11-25(35-19-21)28(23-7-9-24(10-8-23)30(31,32)33)36-16-17-37(26(20-36)29(2,3)4)27(38)18-22-12-14-34-15-13-22/h6-11,22,26,28,34-35H,5,12-20H2,1-4H3. The average molecular weight is 533 g/mol. The minimum atomic E-state index is -4.37. The molecule has 38 heavy (non-hydrogen) atoms. The summed E-state index contributed by atoms with van der Waals surface area (Å²) in [6.07, 6.45) is 3.45. The second kappa shape index (κ2) is 11.8. The lowest BCUT2D eigenvalue weighted by atomic mass is 9.82. The van der Waals surface area contributed by atoms with Crippen LogP contribution < -0.4 is 10.6 Å². The predicted molar refractivity (Wildman–Crippen MR) is 145 cm³/mol. The maximum atomic E-state index is 13.5. The van der Waals surface area contributed by atoms with Crippen LogP contribution in [0.25, 0.3) is 0 Å². The Morgan fingerprint density at radius 1 is 1.05 bits per heavy atom. The van der Waals surface area contributed by atoms with E-state index in [1.807, 2.05) is 0 Å². The van der Waals surface area contributed by atoms with Gasteiger partial charge in [0.1, 0.15) is 0 Å². The number of nitrogens with one attached hydrogen (secondary N) is 2. The molecule has 3 aliphatic rings. The first-order valence-corrected chi connectivity index (χ1v) is 14.0. The Hall–Kier alpha value is -2.32. The van der Waals surface area contributed by atoms with Crippen LogP contribution in [0.1, 0.15) is 70.5 Å². The molecule has 0 spiro atoms. The molecule has 0 radical (unpaired) electrons. The fraction of sp³-hybridized carbons (Fsp3) is 0.633. The normalized spacial score (nSPS) is 22.9. The van der Waals surface area contributed by atoms with Crippen LogP contribution in [0.5, 0.6) is 0 Å². The first kappa shape index (κ1) is 28.7. The van der Waals surface area contributed by atoms with Crippen molar-refractivity contribution < 1.29 is 18.0 Å². The maximum Gasteiger partial charge on any atom is 0.416 e. The third-order valence-corrected chi connectivity index (χ3v) is 8.34. The molecule has 4 rings (SSSR count). The Morgan fingerprint density at radius 2 is 1.74 bits per heavy atom. The number of hydrogen-bond donors (Lipinski definition) is 2. The van der Waals surface area contributed by atoms with Crippen LogP contribution in [0.2, 0.25) is 0 Å².